The van der Waals surface area contributed by atoms with Gasteiger partial charge in [-0.25, -0.2) is 9.97 Å². The lowest BCUT2D eigenvalue weighted by atomic mass is 9.96. The third kappa shape index (κ3) is 7.50. The molecule has 0 radical (unpaired) electrons. The van der Waals surface area contributed by atoms with Gasteiger partial charge in [-0.05, 0) is 37.1 Å². The molecular weight excluding hydrogens is 573 g/mol. The molecule has 0 saturated carbocycles. The number of hydrogen-bond acceptors (Lipinski definition) is 7. The van der Waals surface area contributed by atoms with Crippen LogP contribution in [-0.4, -0.2) is 40.8 Å². The van der Waals surface area contributed by atoms with Crippen molar-refractivity contribution in [2.75, 3.05) is 0 Å². The maximum Gasteiger partial charge on any atom is 0.416 e. The van der Waals surface area contributed by atoms with E-state index >= 15 is 0 Å². The summed E-state index contributed by atoms with van der Waals surface area (Å²) in [5.74, 6) is -0.254. The number of nitrogens with zero attached hydrogens (tertiary/aromatic N) is 6. The second-order valence-corrected chi connectivity index (χ2v) is 10.7. The molecule has 1 amide bonds. The molecule has 0 saturated heterocycles. The molecule has 0 aliphatic carbocycles. The highest BCUT2D eigenvalue weighted by atomic mass is 19.4. The quantitative estimate of drug-likeness (QED) is 0.201. The first-order valence-electron chi connectivity index (χ1n) is 14.5. The van der Waals surface area contributed by atoms with Crippen LogP contribution in [-0.2, 0) is 18.1 Å². The number of rotatable bonds is 6. The minimum absolute atomic E-state index is 0.114. The lowest BCUT2D eigenvalue weighted by Crippen LogP contribution is -2.25. The van der Waals surface area contributed by atoms with Gasteiger partial charge >= 0.3 is 18.0 Å². The van der Waals surface area contributed by atoms with E-state index in [4.69, 9.17) is 4.52 Å². The van der Waals surface area contributed by atoms with E-state index in [1.807, 2.05) is 68.5 Å². The van der Waals surface area contributed by atoms with Crippen LogP contribution in [0.1, 0.15) is 96.0 Å². The van der Waals surface area contributed by atoms with Crippen molar-refractivity contribution in [2.45, 2.75) is 86.5 Å². The number of amides is 1. The Morgan fingerprint density at radius 2 is 1.75 bits per heavy atom. The van der Waals surface area contributed by atoms with Gasteiger partial charge < -0.3 is 14.8 Å². The van der Waals surface area contributed by atoms with E-state index in [-0.39, 0.29) is 24.0 Å². The highest BCUT2D eigenvalue weighted by Gasteiger charge is 2.34. The standard InChI is InChI=1S/C27H27F3N8O2.2C2H6/c1-14(2)38-13-17(12-33-38)21-34-20-18(8-9-31-22(20)35-21)15-6-7-16(19(10-15)27(28,29)30)11-32-23(39)24-36-25(37-40-24)26(3,4)5;2*1-2/h6-10,12-14H,11H2,1-5H3,(H,32,39)(H,31,34,35);2*1-2H3. The van der Waals surface area contributed by atoms with Crippen LogP contribution < -0.4 is 5.32 Å². The third-order valence-electron chi connectivity index (χ3n) is 6.25. The van der Waals surface area contributed by atoms with E-state index in [1.54, 1.807) is 23.0 Å². The number of nitrogens with one attached hydrogen (secondary N) is 2. The molecule has 1 aromatic carbocycles. The van der Waals surface area contributed by atoms with Crippen LogP contribution >= 0.6 is 0 Å². The second kappa shape index (κ2) is 13.8. The van der Waals surface area contributed by atoms with Crippen LogP contribution in [0.25, 0.3) is 33.7 Å². The van der Waals surface area contributed by atoms with Crippen LogP contribution in [0.2, 0.25) is 0 Å². The number of benzene rings is 1. The minimum atomic E-state index is -4.67. The zero-order valence-electron chi connectivity index (χ0n) is 26.5. The number of aromatic amines is 1. The Labute approximate surface area is 254 Å². The molecule has 5 rings (SSSR count). The van der Waals surface area contributed by atoms with Gasteiger partial charge in [0.05, 0.1) is 22.8 Å². The number of imidazole rings is 1. The highest BCUT2D eigenvalue weighted by molar-refractivity contribution is 5.92. The molecule has 0 fully saturated rings. The Bertz CT molecular complexity index is 1690. The molecule has 2 N–H and O–H groups in total. The van der Waals surface area contributed by atoms with Gasteiger partial charge in [0.2, 0.25) is 0 Å². The van der Waals surface area contributed by atoms with E-state index in [2.05, 4.69) is 35.5 Å². The normalized spacial score (nSPS) is 11.6. The first-order valence-corrected chi connectivity index (χ1v) is 14.5. The fraction of sp³-hybridized carbons (Fsp3) is 0.419. The highest BCUT2D eigenvalue weighted by Crippen LogP contribution is 2.37. The van der Waals surface area contributed by atoms with Gasteiger partial charge in [-0.3, -0.25) is 9.48 Å². The van der Waals surface area contributed by atoms with Crippen molar-refractivity contribution in [3.63, 3.8) is 0 Å². The molecule has 0 aliphatic rings. The summed E-state index contributed by atoms with van der Waals surface area (Å²) >= 11 is 0. The number of carbonyl (C=O) groups is 1. The summed E-state index contributed by atoms with van der Waals surface area (Å²) in [4.78, 5) is 28.5. The molecule has 0 bridgehead atoms. The van der Waals surface area contributed by atoms with E-state index in [0.29, 0.717) is 33.9 Å². The molecule has 236 valence electrons. The maximum atomic E-state index is 14.1. The predicted molar refractivity (Wildman–Crippen MR) is 163 cm³/mol. The van der Waals surface area contributed by atoms with Crippen LogP contribution in [0.15, 0.2) is 47.4 Å². The van der Waals surface area contributed by atoms with Crippen LogP contribution in [0.3, 0.4) is 0 Å². The Morgan fingerprint density at radius 3 is 2.34 bits per heavy atom. The summed E-state index contributed by atoms with van der Waals surface area (Å²) in [7, 11) is 0. The number of hydrogen-bond donors (Lipinski definition) is 2. The SMILES string of the molecule is CC.CC.CC(C)n1cc(-c2nc3nccc(-c4ccc(CNC(=O)c5nc(C(C)(C)C)no5)c(C(F)(F)F)c4)c3[nH]2)cn1. The molecule has 5 aromatic rings. The summed E-state index contributed by atoms with van der Waals surface area (Å²) in [6.07, 6.45) is 0.333. The van der Waals surface area contributed by atoms with Gasteiger partial charge in [-0.2, -0.15) is 23.3 Å². The van der Waals surface area contributed by atoms with Crippen LogP contribution in [0.4, 0.5) is 13.2 Å². The van der Waals surface area contributed by atoms with Crippen molar-refractivity contribution in [2.24, 2.45) is 0 Å². The number of carbonyl (C=O) groups excluding carboxylic acids is 1. The van der Waals surface area contributed by atoms with Crippen molar-refractivity contribution in [1.82, 2.24) is 40.2 Å². The fourth-order valence-corrected chi connectivity index (χ4v) is 4.06. The summed E-state index contributed by atoms with van der Waals surface area (Å²) in [6.45, 7) is 17.1. The number of alkyl halides is 3. The Morgan fingerprint density at radius 1 is 1.05 bits per heavy atom. The number of fused-ring (bicyclic) bond motifs is 1. The Kier molecular flexibility index (Phi) is 10.7. The van der Waals surface area contributed by atoms with E-state index < -0.39 is 23.1 Å². The van der Waals surface area contributed by atoms with Crippen molar-refractivity contribution in [1.29, 1.82) is 0 Å². The summed E-state index contributed by atoms with van der Waals surface area (Å²) < 4.78 is 49.2. The predicted octanol–water partition coefficient (Wildman–Crippen LogP) is 7.75. The van der Waals surface area contributed by atoms with Crippen molar-refractivity contribution >= 4 is 17.1 Å². The molecule has 0 atom stereocenters. The topological polar surface area (TPSA) is 127 Å². The lowest BCUT2D eigenvalue weighted by Gasteiger charge is -2.15. The van der Waals surface area contributed by atoms with Gasteiger partial charge in [-0.1, -0.05) is 65.8 Å². The average Bonchev–Trinajstić information content (AvgIpc) is 3.76. The second-order valence-electron chi connectivity index (χ2n) is 10.7. The first-order chi connectivity index (χ1) is 20.8. The first kappa shape index (κ1) is 33.9. The molecule has 44 heavy (non-hydrogen) atoms. The monoisotopic (exact) mass is 612 g/mol. The molecule has 4 heterocycles. The average molecular weight is 613 g/mol. The zero-order valence-corrected chi connectivity index (χ0v) is 26.5. The van der Waals surface area contributed by atoms with E-state index in [1.165, 1.54) is 12.3 Å². The molecular formula is C31H39F3N8O2. The van der Waals surface area contributed by atoms with Gasteiger partial charge in [0.15, 0.2) is 11.5 Å². The minimum Gasteiger partial charge on any atom is -0.344 e. The third-order valence-corrected chi connectivity index (χ3v) is 6.25. The van der Waals surface area contributed by atoms with Gasteiger partial charge in [0, 0.05) is 36.0 Å². The largest absolute Gasteiger partial charge is 0.416 e. The molecule has 4 aromatic heterocycles. The lowest BCUT2D eigenvalue weighted by molar-refractivity contribution is -0.138. The van der Waals surface area contributed by atoms with Gasteiger partial charge in [-0.15, -0.1) is 0 Å². The molecule has 0 spiro atoms. The van der Waals surface area contributed by atoms with Crippen molar-refractivity contribution < 1.29 is 22.5 Å². The van der Waals surface area contributed by atoms with E-state index in [9.17, 15) is 18.0 Å². The molecule has 0 unspecified atom stereocenters. The van der Waals surface area contributed by atoms with Gasteiger partial charge in [0.25, 0.3) is 0 Å². The molecule has 0 aliphatic heterocycles. The number of H-pyrrole nitrogens is 1. The van der Waals surface area contributed by atoms with Crippen molar-refractivity contribution in [3.8, 4) is 22.5 Å². The number of aromatic nitrogens is 7. The van der Waals surface area contributed by atoms with Crippen LogP contribution in [0, 0.1) is 0 Å². The summed E-state index contributed by atoms with van der Waals surface area (Å²) in [5, 5.41) is 10.5. The van der Waals surface area contributed by atoms with Gasteiger partial charge in [0.1, 0.15) is 5.82 Å². The Hall–Kier alpha value is -4.55. The zero-order chi connectivity index (χ0) is 32.8. The summed E-state index contributed by atoms with van der Waals surface area (Å²) in [5.41, 5.74) is 0.960. The smallest absolute Gasteiger partial charge is 0.344 e. The Balaban J connectivity index is 0.00000127. The fourth-order valence-electron chi connectivity index (χ4n) is 4.06. The molecule has 10 nitrogen and oxygen atoms in total. The summed E-state index contributed by atoms with van der Waals surface area (Å²) in [6, 6.07) is 5.74. The van der Waals surface area contributed by atoms with Crippen LogP contribution in [0.5, 0.6) is 0 Å². The van der Waals surface area contributed by atoms with E-state index in [0.717, 1.165) is 11.6 Å². The van der Waals surface area contributed by atoms with Crippen molar-refractivity contribution in [3.05, 3.63) is 65.7 Å². The number of pyridine rings is 1. The maximum absolute atomic E-state index is 14.1. The molecule has 13 heteroatoms. The number of halogens is 3.